The number of hydrogen-bond donors (Lipinski definition) is 2. The van der Waals surface area contributed by atoms with Crippen molar-refractivity contribution in [2.75, 3.05) is 11.5 Å². The average molecular weight is 219 g/mol. The lowest BCUT2D eigenvalue weighted by Crippen LogP contribution is -2.04. The maximum absolute atomic E-state index is 5.73. The molecule has 6 heteroatoms. The van der Waals surface area contributed by atoms with Gasteiger partial charge in [0.25, 0.3) is 0 Å². The molecule has 0 saturated heterocycles. The molecule has 0 radical (unpaired) electrons. The molecule has 0 unspecified atom stereocenters. The lowest BCUT2D eigenvalue weighted by Gasteiger charge is -2.05. The third-order valence-electron chi connectivity index (χ3n) is 2.13. The first-order valence-electron chi connectivity index (χ1n) is 4.50. The Labute approximate surface area is 92.6 Å². The van der Waals surface area contributed by atoms with Gasteiger partial charge in [-0.25, -0.2) is 0 Å². The zero-order chi connectivity index (χ0) is 10.8. The number of hydrogen-bond acceptors (Lipinski definition) is 5. The molecule has 0 saturated carbocycles. The molecule has 0 atom stereocenters. The summed E-state index contributed by atoms with van der Waals surface area (Å²) in [6.45, 7) is 1.98. The van der Waals surface area contributed by atoms with Crippen LogP contribution in [0.3, 0.4) is 0 Å². The second-order valence-corrected chi connectivity index (χ2v) is 3.22. The molecule has 0 fully saturated rings. The molecule has 0 bridgehead atoms. The molecule has 6 nitrogen and oxygen atoms in total. The summed E-state index contributed by atoms with van der Waals surface area (Å²) in [5.74, 6) is 0.390. The van der Waals surface area contributed by atoms with E-state index >= 15 is 0 Å². The van der Waals surface area contributed by atoms with E-state index < -0.39 is 0 Å². The monoisotopic (exact) mass is 219 g/mol. The van der Waals surface area contributed by atoms with E-state index in [-0.39, 0.29) is 11.4 Å². The molecule has 0 aliphatic carbocycles. The summed E-state index contributed by atoms with van der Waals surface area (Å²) in [7, 11) is 0. The summed E-state index contributed by atoms with van der Waals surface area (Å²) in [6.07, 6.45) is 0. The molecule has 6 N–H and O–H groups in total. The van der Waals surface area contributed by atoms with Crippen molar-refractivity contribution in [2.24, 2.45) is 0 Å². The molecule has 16 heavy (non-hydrogen) atoms. The van der Waals surface area contributed by atoms with Gasteiger partial charge in [0.1, 0.15) is 5.69 Å². The molecular weight excluding hydrogens is 206 g/mol. The maximum Gasteiger partial charge on any atom is 0.242 e. The van der Waals surface area contributed by atoms with Crippen LogP contribution in [0.4, 0.5) is 11.8 Å². The number of benzene rings is 1. The molecule has 1 heterocycles. The summed E-state index contributed by atoms with van der Waals surface area (Å²) in [6, 6.07) is 7.77. The lowest BCUT2D eigenvalue weighted by molar-refractivity contribution is 0.824. The minimum absolute atomic E-state index is 0. The van der Waals surface area contributed by atoms with Gasteiger partial charge in [-0.1, -0.05) is 24.3 Å². The Hall–Kier alpha value is -2.21. The van der Waals surface area contributed by atoms with E-state index in [1.54, 1.807) is 0 Å². The van der Waals surface area contributed by atoms with Crippen LogP contribution in [0.1, 0.15) is 5.56 Å². The van der Waals surface area contributed by atoms with Gasteiger partial charge in [-0.3, -0.25) is 0 Å². The van der Waals surface area contributed by atoms with Gasteiger partial charge in [0.2, 0.25) is 5.95 Å². The second-order valence-electron chi connectivity index (χ2n) is 3.22. The van der Waals surface area contributed by atoms with Crippen LogP contribution < -0.4 is 11.5 Å². The van der Waals surface area contributed by atoms with Gasteiger partial charge in [-0.2, -0.15) is 4.98 Å². The molecule has 2 rings (SSSR count). The standard InChI is InChI=1S/C10H11N5.H2O/c1-6-4-2-3-5-7(6)8-9(11)13-10(12)15-14-8;/h2-5H,1H3,(H4,11,12,13,15);1H2. The van der Waals surface area contributed by atoms with Gasteiger partial charge in [0, 0.05) is 5.56 Å². The Morgan fingerprint density at radius 2 is 1.75 bits per heavy atom. The van der Waals surface area contributed by atoms with E-state index in [1.807, 2.05) is 31.2 Å². The van der Waals surface area contributed by atoms with Crippen molar-refractivity contribution in [1.29, 1.82) is 0 Å². The van der Waals surface area contributed by atoms with Crippen LogP contribution in [0.25, 0.3) is 11.3 Å². The van der Waals surface area contributed by atoms with Crippen LogP contribution >= 0.6 is 0 Å². The summed E-state index contributed by atoms with van der Waals surface area (Å²) < 4.78 is 0. The van der Waals surface area contributed by atoms with Gasteiger partial charge in [-0.15, -0.1) is 10.2 Å². The van der Waals surface area contributed by atoms with Crippen LogP contribution in [-0.4, -0.2) is 20.7 Å². The highest BCUT2D eigenvalue weighted by Crippen LogP contribution is 2.24. The van der Waals surface area contributed by atoms with Gasteiger partial charge < -0.3 is 16.9 Å². The predicted octanol–water partition coefficient (Wildman–Crippen LogP) is 0.187. The van der Waals surface area contributed by atoms with Gasteiger partial charge in [0.05, 0.1) is 0 Å². The molecule has 0 amide bonds. The van der Waals surface area contributed by atoms with Crippen molar-refractivity contribution < 1.29 is 5.48 Å². The minimum atomic E-state index is 0. The van der Waals surface area contributed by atoms with Crippen molar-refractivity contribution >= 4 is 11.8 Å². The van der Waals surface area contributed by atoms with E-state index in [9.17, 15) is 0 Å². The first-order chi connectivity index (χ1) is 7.18. The number of nitrogen functional groups attached to an aromatic ring is 2. The van der Waals surface area contributed by atoms with Crippen molar-refractivity contribution in [3.05, 3.63) is 29.8 Å². The Morgan fingerprint density at radius 1 is 1.06 bits per heavy atom. The zero-order valence-corrected chi connectivity index (χ0v) is 8.81. The molecule has 0 spiro atoms. The van der Waals surface area contributed by atoms with Gasteiger partial charge in [-0.05, 0) is 12.5 Å². The van der Waals surface area contributed by atoms with Crippen LogP contribution in [0.5, 0.6) is 0 Å². The third kappa shape index (κ3) is 2.06. The Kier molecular flexibility index (Phi) is 3.37. The van der Waals surface area contributed by atoms with E-state index in [4.69, 9.17) is 11.5 Å². The number of aryl methyl sites for hydroxylation is 1. The molecule has 1 aromatic carbocycles. The summed E-state index contributed by atoms with van der Waals surface area (Å²) in [5, 5.41) is 7.64. The maximum atomic E-state index is 5.73. The first-order valence-corrected chi connectivity index (χ1v) is 4.50. The van der Waals surface area contributed by atoms with Crippen molar-refractivity contribution in [3.8, 4) is 11.3 Å². The van der Waals surface area contributed by atoms with Crippen LogP contribution in [0, 0.1) is 6.92 Å². The minimum Gasteiger partial charge on any atom is -0.412 e. The SMILES string of the molecule is Cc1ccccc1-c1nnc(N)nc1N.O. The second kappa shape index (κ2) is 4.54. The molecule has 0 aliphatic heterocycles. The average Bonchev–Trinajstić information content (AvgIpc) is 2.20. The molecular formula is C10H13N5O. The number of nitrogens with two attached hydrogens (primary N) is 2. The Morgan fingerprint density at radius 3 is 2.38 bits per heavy atom. The summed E-state index contributed by atoms with van der Waals surface area (Å²) in [5.41, 5.74) is 13.7. The fraction of sp³-hybridized carbons (Fsp3) is 0.100. The van der Waals surface area contributed by atoms with Crippen LogP contribution in [0.2, 0.25) is 0 Å². The number of rotatable bonds is 1. The predicted molar refractivity (Wildman–Crippen MR) is 62.4 cm³/mol. The van der Waals surface area contributed by atoms with Gasteiger partial charge >= 0.3 is 0 Å². The van der Waals surface area contributed by atoms with E-state index in [2.05, 4.69) is 15.2 Å². The molecule has 0 aliphatic rings. The highest BCUT2D eigenvalue weighted by Gasteiger charge is 2.08. The summed E-state index contributed by atoms with van der Waals surface area (Å²) in [4.78, 5) is 3.87. The van der Waals surface area contributed by atoms with Crippen molar-refractivity contribution in [2.45, 2.75) is 6.92 Å². The fourth-order valence-electron chi connectivity index (χ4n) is 1.38. The van der Waals surface area contributed by atoms with E-state index in [0.717, 1.165) is 11.1 Å². The smallest absolute Gasteiger partial charge is 0.242 e. The first kappa shape index (κ1) is 11.9. The quantitative estimate of drug-likeness (QED) is 0.708. The molecule has 84 valence electrons. The molecule has 1 aromatic heterocycles. The normalized spacial score (nSPS) is 9.56. The number of aromatic nitrogens is 3. The fourth-order valence-corrected chi connectivity index (χ4v) is 1.38. The largest absolute Gasteiger partial charge is 0.412 e. The van der Waals surface area contributed by atoms with E-state index in [0.29, 0.717) is 11.5 Å². The number of nitrogens with zero attached hydrogens (tertiary/aromatic N) is 3. The zero-order valence-electron chi connectivity index (χ0n) is 8.81. The van der Waals surface area contributed by atoms with E-state index in [1.165, 1.54) is 0 Å². The summed E-state index contributed by atoms with van der Waals surface area (Å²) >= 11 is 0. The van der Waals surface area contributed by atoms with Gasteiger partial charge in [0.15, 0.2) is 5.82 Å². The highest BCUT2D eigenvalue weighted by molar-refractivity contribution is 5.72. The lowest BCUT2D eigenvalue weighted by atomic mass is 10.1. The third-order valence-corrected chi connectivity index (χ3v) is 2.13. The van der Waals surface area contributed by atoms with Crippen LogP contribution in [0.15, 0.2) is 24.3 Å². The van der Waals surface area contributed by atoms with Crippen molar-refractivity contribution in [3.63, 3.8) is 0 Å². The Balaban J connectivity index is 0.00000128. The van der Waals surface area contributed by atoms with Crippen LogP contribution in [-0.2, 0) is 0 Å². The number of anilines is 2. The molecule has 2 aromatic rings. The highest BCUT2D eigenvalue weighted by atomic mass is 16.0. The Bertz CT molecular complexity index is 500. The van der Waals surface area contributed by atoms with Crippen molar-refractivity contribution in [1.82, 2.24) is 15.2 Å². The topological polar surface area (TPSA) is 122 Å².